The van der Waals surface area contributed by atoms with E-state index in [1.54, 1.807) is 36.3 Å². The first-order valence-electron chi connectivity index (χ1n) is 6.94. The third kappa shape index (κ3) is 4.16. The number of Topliss-reactive ketones (excluding diaryl/α,β-unsaturated/α-hetero) is 1. The van der Waals surface area contributed by atoms with Crippen molar-refractivity contribution in [2.24, 2.45) is 0 Å². The van der Waals surface area contributed by atoms with Gasteiger partial charge >= 0.3 is 6.03 Å². The molecular weight excluding hydrogens is 268 g/mol. The number of amides is 2. The fraction of sp³-hybridized carbons (Fsp3) is 0.375. The predicted octanol–water partition coefficient (Wildman–Crippen LogP) is 2.70. The van der Waals surface area contributed by atoms with E-state index in [-0.39, 0.29) is 11.8 Å². The lowest BCUT2D eigenvalue weighted by Gasteiger charge is -2.26. The van der Waals surface area contributed by atoms with Crippen LogP contribution in [0.2, 0.25) is 0 Å². The zero-order valence-electron chi connectivity index (χ0n) is 12.4. The first-order valence-corrected chi connectivity index (χ1v) is 6.94. The maximum atomic E-state index is 12.1. The zero-order valence-corrected chi connectivity index (χ0v) is 12.4. The molecule has 0 bridgehead atoms. The van der Waals surface area contributed by atoms with E-state index >= 15 is 0 Å². The molecule has 0 fully saturated rings. The van der Waals surface area contributed by atoms with Crippen LogP contribution in [0.25, 0.3) is 0 Å². The molecule has 0 unspecified atom stereocenters. The van der Waals surface area contributed by atoms with Crippen LogP contribution in [0.1, 0.15) is 23.7 Å². The Morgan fingerprint density at radius 3 is 2.52 bits per heavy atom. The van der Waals surface area contributed by atoms with E-state index in [0.717, 1.165) is 6.42 Å². The summed E-state index contributed by atoms with van der Waals surface area (Å²) in [5, 5.41) is 2.84. The Morgan fingerprint density at radius 2 is 2.00 bits per heavy atom. The van der Waals surface area contributed by atoms with Gasteiger partial charge in [0.1, 0.15) is 0 Å². The van der Waals surface area contributed by atoms with Crippen LogP contribution in [0, 0.1) is 0 Å². The van der Waals surface area contributed by atoms with Crippen LogP contribution in [0.3, 0.4) is 0 Å². The number of urea groups is 1. The van der Waals surface area contributed by atoms with E-state index in [4.69, 9.17) is 4.74 Å². The lowest BCUT2D eigenvalue weighted by atomic mass is 10.1. The minimum Gasteiger partial charge on any atom is -0.380 e. The van der Waals surface area contributed by atoms with Crippen LogP contribution < -0.4 is 5.32 Å². The second-order valence-corrected chi connectivity index (χ2v) is 5.06. The fourth-order valence-corrected chi connectivity index (χ4v) is 2.20. The van der Waals surface area contributed by atoms with Gasteiger partial charge in [-0.2, -0.15) is 0 Å². The molecule has 1 N–H and O–H groups in total. The lowest BCUT2D eigenvalue weighted by Crippen LogP contribution is -2.38. The van der Waals surface area contributed by atoms with Crippen LogP contribution in [-0.2, 0) is 4.74 Å². The molecule has 1 heterocycles. The molecule has 1 aliphatic rings. The highest BCUT2D eigenvalue weighted by molar-refractivity contribution is 5.95. The third-order valence-electron chi connectivity index (χ3n) is 3.46. The quantitative estimate of drug-likeness (QED) is 0.684. The third-order valence-corrected chi connectivity index (χ3v) is 3.46. The summed E-state index contributed by atoms with van der Waals surface area (Å²) in [7, 11) is 1.67. The smallest absolute Gasteiger partial charge is 0.322 e. The normalized spacial score (nSPS) is 14.6. The maximum absolute atomic E-state index is 12.1. The molecule has 0 atom stereocenters. The molecule has 0 saturated carbocycles. The number of ketones is 1. The molecule has 1 aromatic carbocycles. The van der Waals surface area contributed by atoms with Gasteiger partial charge in [-0.1, -0.05) is 6.08 Å². The van der Waals surface area contributed by atoms with Crippen molar-refractivity contribution < 1.29 is 14.3 Å². The second kappa shape index (κ2) is 7.04. The lowest BCUT2D eigenvalue weighted by molar-refractivity contribution is 0.101. The predicted molar refractivity (Wildman–Crippen MR) is 81.6 cm³/mol. The zero-order chi connectivity index (χ0) is 15.2. The molecule has 0 spiro atoms. The molecule has 5 nitrogen and oxygen atoms in total. The number of methoxy groups -OCH3 is 1. The van der Waals surface area contributed by atoms with Crippen molar-refractivity contribution in [3.05, 3.63) is 41.5 Å². The largest absolute Gasteiger partial charge is 0.380 e. The highest BCUT2D eigenvalue weighted by Gasteiger charge is 2.17. The van der Waals surface area contributed by atoms with Gasteiger partial charge in [0.15, 0.2) is 5.78 Å². The first kappa shape index (κ1) is 15.3. The van der Waals surface area contributed by atoms with E-state index < -0.39 is 0 Å². The van der Waals surface area contributed by atoms with Gasteiger partial charge in [0.2, 0.25) is 0 Å². The Bertz CT molecular complexity index is 549. The van der Waals surface area contributed by atoms with Crippen LogP contribution in [0.15, 0.2) is 35.9 Å². The number of rotatable bonds is 4. The Balaban J connectivity index is 1.91. The Kier molecular flexibility index (Phi) is 5.11. The standard InChI is InChI=1S/C16H20N2O3/c1-12(19)14-3-5-15(6-4-14)17-16(20)18-9-7-13(8-10-18)11-21-2/h3-7H,8-11H2,1-2H3,(H,17,20). The molecular formula is C16H20N2O3. The summed E-state index contributed by atoms with van der Waals surface area (Å²) >= 11 is 0. The Morgan fingerprint density at radius 1 is 1.29 bits per heavy atom. The van der Waals surface area contributed by atoms with Crippen LogP contribution in [0.4, 0.5) is 10.5 Å². The maximum Gasteiger partial charge on any atom is 0.322 e. The second-order valence-electron chi connectivity index (χ2n) is 5.06. The summed E-state index contributed by atoms with van der Waals surface area (Å²) < 4.78 is 5.09. The van der Waals surface area contributed by atoms with Crippen molar-refractivity contribution >= 4 is 17.5 Å². The van der Waals surface area contributed by atoms with Crippen molar-refractivity contribution in [3.63, 3.8) is 0 Å². The van der Waals surface area contributed by atoms with Gasteiger partial charge in [0.25, 0.3) is 0 Å². The topological polar surface area (TPSA) is 58.6 Å². The number of nitrogens with one attached hydrogen (secondary N) is 1. The van der Waals surface area contributed by atoms with Gasteiger partial charge < -0.3 is 15.0 Å². The molecule has 1 aliphatic heterocycles. The number of ether oxygens (including phenoxy) is 1. The number of benzene rings is 1. The number of nitrogens with zero attached hydrogens (tertiary/aromatic N) is 1. The number of hydrogen-bond acceptors (Lipinski definition) is 3. The van der Waals surface area contributed by atoms with Crippen molar-refractivity contribution in [2.45, 2.75) is 13.3 Å². The molecule has 112 valence electrons. The Hall–Kier alpha value is -2.14. The van der Waals surface area contributed by atoms with E-state index in [0.29, 0.717) is 30.9 Å². The highest BCUT2D eigenvalue weighted by Crippen LogP contribution is 2.14. The fourth-order valence-electron chi connectivity index (χ4n) is 2.20. The minimum atomic E-state index is -0.127. The van der Waals surface area contributed by atoms with Crippen molar-refractivity contribution in [1.82, 2.24) is 4.90 Å². The van der Waals surface area contributed by atoms with E-state index in [9.17, 15) is 9.59 Å². The highest BCUT2D eigenvalue weighted by atomic mass is 16.5. The molecule has 0 aliphatic carbocycles. The monoisotopic (exact) mass is 288 g/mol. The Labute approximate surface area is 124 Å². The van der Waals surface area contributed by atoms with Gasteiger partial charge in [0.05, 0.1) is 6.61 Å². The van der Waals surface area contributed by atoms with Gasteiger partial charge in [-0.25, -0.2) is 4.79 Å². The molecule has 2 amide bonds. The van der Waals surface area contributed by atoms with Crippen LogP contribution >= 0.6 is 0 Å². The number of hydrogen-bond donors (Lipinski definition) is 1. The van der Waals surface area contributed by atoms with Crippen molar-refractivity contribution in [3.8, 4) is 0 Å². The van der Waals surface area contributed by atoms with Crippen LogP contribution in [-0.4, -0.2) is 43.5 Å². The summed E-state index contributed by atoms with van der Waals surface area (Å²) in [5.74, 6) is 0.0136. The number of carbonyl (C=O) groups is 2. The van der Waals surface area contributed by atoms with E-state index in [2.05, 4.69) is 5.32 Å². The average Bonchev–Trinajstić information content (AvgIpc) is 2.49. The summed E-state index contributed by atoms with van der Waals surface area (Å²) in [4.78, 5) is 25.1. The molecule has 0 radical (unpaired) electrons. The summed E-state index contributed by atoms with van der Waals surface area (Å²) in [6.07, 6.45) is 2.87. The van der Waals surface area contributed by atoms with Crippen molar-refractivity contribution in [1.29, 1.82) is 0 Å². The number of anilines is 1. The van der Waals surface area contributed by atoms with E-state index in [1.165, 1.54) is 12.5 Å². The molecule has 0 saturated heterocycles. The van der Waals surface area contributed by atoms with Gasteiger partial charge in [0, 0.05) is 31.5 Å². The summed E-state index contributed by atoms with van der Waals surface area (Å²) in [5.41, 5.74) is 2.56. The van der Waals surface area contributed by atoms with Gasteiger partial charge in [-0.3, -0.25) is 4.79 Å². The average molecular weight is 288 g/mol. The molecule has 1 aromatic rings. The number of carbonyl (C=O) groups excluding carboxylic acids is 2. The summed E-state index contributed by atoms with van der Waals surface area (Å²) in [6, 6.07) is 6.78. The van der Waals surface area contributed by atoms with Gasteiger partial charge in [-0.15, -0.1) is 0 Å². The minimum absolute atomic E-state index is 0.0136. The summed E-state index contributed by atoms with van der Waals surface area (Å²) in [6.45, 7) is 3.43. The molecule has 0 aromatic heterocycles. The SMILES string of the molecule is COCC1=CCN(C(=O)Nc2ccc(C(C)=O)cc2)CC1. The van der Waals surface area contributed by atoms with Crippen molar-refractivity contribution in [2.75, 3.05) is 32.1 Å². The van der Waals surface area contributed by atoms with Gasteiger partial charge in [-0.05, 0) is 43.2 Å². The molecule has 21 heavy (non-hydrogen) atoms. The molecule has 2 rings (SSSR count). The first-order chi connectivity index (χ1) is 10.1. The van der Waals surface area contributed by atoms with E-state index in [1.807, 2.05) is 6.08 Å². The van der Waals surface area contributed by atoms with Crippen LogP contribution in [0.5, 0.6) is 0 Å². The molecule has 5 heteroatoms.